The molecular formula is C23H17ClN4. The van der Waals surface area contributed by atoms with Crippen molar-refractivity contribution in [1.29, 1.82) is 0 Å². The van der Waals surface area contributed by atoms with Crippen molar-refractivity contribution in [3.8, 4) is 17.1 Å². The number of rotatable bonds is 2. The average Bonchev–Trinajstić information content (AvgIpc) is 3.04. The van der Waals surface area contributed by atoms with E-state index in [0.29, 0.717) is 10.7 Å². The number of fused-ring (bicyclic) bond motifs is 2. The zero-order valence-electron chi connectivity index (χ0n) is 15.5. The minimum absolute atomic E-state index is 0.619. The van der Waals surface area contributed by atoms with E-state index in [9.17, 15) is 0 Å². The number of halogens is 1. The summed E-state index contributed by atoms with van der Waals surface area (Å²) < 4.78 is 2.08. The Hall–Kier alpha value is -3.24. The van der Waals surface area contributed by atoms with Crippen LogP contribution < -0.4 is 0 Å². The monoisotopic (exact) mass is 384 g/mol. The summed E-state index contributed by atoms with van der Waals surface area (Å²) in [7, 11) is 0. The van der Waals surface area contributed by atoms with Crippen LogP contribution in [-0.4, -0.2) is 19.5 Å². The predicted molar refractivity (Wildman–Crippen MR) is 114 cm³/mol. The molecule has 0 saturated carbocycles. The summed E-state index contributed by atoms with van der Waals surface area (Å²) in [5, 5.41) is 0.669. The summed E-state index contributed by atoms with van der Waals surface area (Å²) in [5.41, 5.74) is 7.36. The van der Waals surface area contributed by atoms with E-state index in [0.717, 1.165) is 39.3 Å². The Labute approximate surface area is 167 Å². The molecule has 0 aliphatic heterocycles. The summed E-state index contributed by atoms with van der Waals surface area (Å²) in [4.78, 5) is 14.5. The Morgan fingerprint density at radius 1 is 0.786 bits per heavy atom. The van der Waals surface area contributed by atoms with Gasteiger partial charge in [-0.25, -0.2) is 15.0 Å². The fourth-order valence-corrected chi connectivity index (χ4v) is 3.75. The van der Waals surface area contributed by atoms with Crippen LogP contribution >= 0.6 is 11.6 Å². The molecular weight excluding hydrogens is 368 g/mol. The molecule has 0 aliphatic carbocycles. The molecule has 0 N–H and O–H groups in total. The fraction of sp³-hybridized carbons (Fsp3) is 0.0870. The van der Waals surface area contributed by atoms with Gasteiger partial charge < -0.3 is 0 Å². The number of benzene rings is 3. The van der Waals surface area contributed by atoms with Gasteiger partial charge in [-0.1, -0.05) is 53.6 Å². The number of hydrogen-bond acceptors (Lipinski definition) is 3. The molecule has 5 aromatic rings. The van der Waals surface area contributed by atoms with Crippen LogP contribution in [0.4, 0.5) is 0 Å². The molecule has 136 valence electrons. The maximum atomic E-state index is 6.26. The molecule has 0 saturated heterocycles. The van der Waals surface area contributed by atoms with E-state index in [4.69, 9.17) is 26.6 Å². The highest BCUT2D eigenvalue weighted by Gasteiger charge is 2.19. The van der Waals surface area contributed by atoms with Crippen LogP contribution in [0.3, 0.4) is 0 Å². The zero-order chi connectivity index (χ0) is 19.3. The molecule has 0 spiro atoms. The first-order chi connectivity index (χ1) is 13.6. The summed E-state index contributed by atoms with van der Waals surface area (Å²) in [5.74, 6) is 0.778. The normalized spacial score (nSPS) is 11.4. The molecule has 0 fully saturated rings. The fourth-order valence-electron chi connectivity index (χ4n) is 3.56. The quantitative estimate of drug-likeness (QED) is 0.380. The second-order valence-corrected chi connectivity index (χ2v) is 7.37. The first-order valence-electron chi connectivity index (χ1n) is 9.09. The number of nitrogens with zero attached hydrogens (tertiary/aromatic N) is 4. The largest absolute Gasteiger partial charge is 0.275 e. The Morgan fingerprint density at radius 2 is 1.57 bits per heavy atom. The maximum Gasteiger partial charge on any atom is 0.199 e. The van der Waals surface area contributed by atoms with Crippen molar-refractivity contribution in [2.24, 2.45) is 0 Å². The molecule has 4 nitrogen and oxygen atoms in total. The van der Waals surface area contributed by atoms with E-state index in [1.807, 2.05) is 48.5 Å². The van der Waals surface area contributed by atoms with E-state index in [1.54, 1.807) is 0 Å². The van der Waals surface area contributed by atoms with Crippen LogP contribution in [0.2, 0.25) is 5.02 Å². The molecule has 0 unspecified atom stereocenters. The standard InChI is InChI=1S/C23H17ClN4/c1-14-10-11-20(15(2)12-14)28-22(16-6-5-7-17(24)13-16)27-21-23(28)26-19-9-4-3-8-18(19)25-21/h3-13H,1-2H3. The van der Waals surface area contributed by atoms with Crippen molar-refractivity contribution in [1.82, 2.24) is 19.5 Å². The van der Waals surface area contributed by atoms with Gasteiger partial charge in [0.15, 0.2) is 11.3 Å². The van der Waals surface area contributed by atoms with Crippen LogP contribution in [0.1, 0.15) is 11.1 Å². The van der Waals surface area contributed by atoms with Gasteiger partial charge in [0.2, 0.25) is 0 Å². The van der Waals surface area contributed by atoms with E-state index >= 15 is 0 Å². The molecule has 2 aromatic heterocycles. The van der Waals surface area contributed by atoms with Gasteiger partial charge in [-0.15, -0.1) is 0 Å². The number of hydrogen-bond donors (Lipinski definition) is 0. The topological polar surface area (TPSA) is 43.6 Å². The van der Waals surface area contributed by atoms with Gasteiger partial charge >= 0.3 is 0 Å². The van der Waals surface area contributed by atoms with Crippen molar-refractivity contribution in [2.75, 3.05) is 0 Å². The van der Waals surface area contributed by atoms with Gasteiger partial charge in [0.05, 0.1) is 16.7 Å². The average molecular weight is 385 g/mol. The Bertz CT molecular complexity index is 1350. The second-order valence-electron chi connectivity index (χ2n) is 6.93. The first kappa shape index (κ1) is 16.9. The van der Waals surface area contributed by atoms with Gasteiger partial charge in [-0.05, 0) is 49.7 Å². The predicted octanol–water partition coefficient (Wildman–Crippen LogP) is 5.91. The van der Waals surface area contributed by atoms with Crippen molar-refractivity contribution >= 4 is 33.9 Å². The highest BCUT2D eigenvalue weighted by atomic mass is 35.5. The summed E-state index contributed by atoms with van der Waals surface area (Å²) in [6, 6.07) is 22.0. The van der Waals surface area contributed by atoms with Gasteiger partial charge in [0.1, 0.15) is 5.82 Å². The van der Waals surface area contributed by atoms with Crippen LogP contribution in [-0.2, 0) is 0 Å². The number of para-hydroxylation sites is 2. The van der Waals surface area contributed by atoms with Crippen LogP contribution in [0, 0.1) is 13.8 Å². The lowest BCUT2D eigenvalue weighted by molar-refractivity contribution is 1.06. The van der Waals surface area contributed by atoms with Crippen molar-refractivity contribution in [2.45, 2.75) is 13.8 Å². The molecule has 0 aliphatic rings. The number of aryl methyl sites for hydroxylation is 2. The van der Waals surface area contributed by atoms with Crippen LogP contribution in [0.5, 0.6) is 0 Å². The Balaban J connectivity index is 1.91. The molecule has 2 heterocycles. The molecule has 0 radical (unpaired) electrons. The number of aromatic nitrogens is 4. The zero-order valence-corrected chi connectivity index (χ0v) is 16.3. The van der Waals surface area contributed by atoms with Gasteiger partial charge in [0.25, 0.3) is 0 Å². The molecule has 0 amide bonds. The molecule has 5 heteroatoms. The molecule has 0 bridgehead atoms. The van der Waals surface area contributed by atoms with Crippen LogP contribution in [0.25, 0.3) is 39.4 Å². The highest BCUT2D eigenvalue weighted by molar-refractivity contribution is 6.30. The summed E-state index contributed by atoms with van der Waals surface area (Å²) in [6.07, 6.45) is 0. The minimum Gasteiger partial charge on any atom is -0.275 e. The van der Waals surface area contributed by atoms with Crippen LogP contribution in [0.15, 0.2) is 66.7 Å². The molecule has 3 aromatic carbocycles. The van der Waals surface area contributed by atoms with Gasteiger partial charge in [0, 0.05) is 10.6 Å². The van der Waals surface area contributed by atoms with E-state index in [-0.39, 0.29) is 0 Å². The minimum atomic E-state index is 0.619. The summed E-state index contributed by atoms with van der Waals surface area (Å²) >= 11 is 6.26. The van der Waals surface area contributed by atoms with Gasteiger partial charge in [-0.2, -0.15) is 0 Å². The van der Waals surface area contributed by atoms with Gasteiger partial charge in [-0.3, -0.25) is 4.57 Å². The molecule has 28 heavy (non-hydrogen) atoms. The van der Waals surface area contributed by atoms with Crippen molar-refractivity contribution in [3.63, 3.8) is 0 Å². The maximum absolute atomic E-state index is 6.26. The second kappa shape index (κ2) is 6.43. The SMILES string of the molecule is Cc1ccc(-n2c(-c3cccc(Cl)c3)nc3nc4ccccc4nc32)c(C)c1. The smallest absolute Gasteiger partial charge is 0.199 e. The lowest BCUT2D eigenvalue weighted by Crippen LogP contribution is -2.02. The lowest BCUT2D eigenvalue weighted by Gasteiger charge is -2.12. The molecule has 0 atom stereocenters. The van der Waals surface area contributed by atoms with E-state index in [2.05, 4.69) is 36.6 Å². The lowest BCUT2D eigenvalue weighted by atomic mass is 10.1. The molecule has 5 rings (SSSR count). The van der Waals surface area contributed by atoms with Crippen molar-refractivity contribution in [3.05, 3.63) is 82.9 Å². The summed E-state index contributed by atoms with van der Waals surface area (Å²) in [6.45, 7) is 4.19. The third kappa shape index (κ3) is 2.74. The Kier molecular flexibility index (Phi) is 3.88. The van der Waals surface area contributed by atoms with Crippen molar-refractivity contribution < 1.29 is 0 Å². The third-order valence-corrected chi connectivity index (χ3v) is 5.08. The third-order valence-electron chi connectivity index (χ3n) is 4.85. The van der Waals surface area contributed by atoms with E-state index < -0.39 is 0 Å². The number of imidazole rings is 1. The highest BCUT2D eigenvalue weighted by Crippen LogP contribution is 2.31. The van der Waals surface area contributed by atoms with E-state index in [1.165, 1.54) is 5.56 Å². The Morgan fingerprint density at radius 3 is 2.32 bits per heavy atom. The first-order valence-corrected chi connectivity index (χ1v) is 9.47.